The van der Waals surface area contributed by atoms with E-state index in [-0.39, 0.29) is 5.97 Å². The molecule has 0 aliphatic rings. The minimum atomic E-state index is -0.214. The van der Waals surface area contributed by atoms with E-state index in [2.05, 4.69) is 5.10 Å². The Balaban J connectivity index is 2.30. The van der Waals surface area contributed by atoms with Crippen LogP contribution in [-0.2, 0) is 16.1 Å². The van der Waals surface area contributed by atoms with Gasteiger partial charge in [0.2, 0.25) is 0 Å². The van der Waals surface area contributed by atoms with Crippen molar-refractivity contribution in [1.82, 2.24) is 9.78 Å². The zero-order valence-corrected chi connectivity index (χ0v) is 8.12. The normalized spacial score (nSPS) is 10.0. The van der Waals surface area contributed by atoms with Gasteiger partial charge in [0.15, 0.2) is 0 Å². The van der Waals surface area contributed by atoms with Gasteiger partial charge in [-0.05, 0) is 6.92 Å². The smallest absolute Gasteiger partial charge is 0.307 e. The summed E-state index contributed by atoms with van der Waals surface area (Å²) >= 11 is 5.64. The molecule has 0 bridgehead atoms. The maximum absolute atomic E-state index is 10.9. The van der Waals surface area contributed by atoms with Gasteiger partial charge in [0.05, 0.1) is 30.8 Å². The molecule has 1 heterocycles. The molecule has 0 amide bonds. The molecule has 0 spiro atoms. The Labute approximate surface area is 81.4 Å². The Bertz CT molecular complexity index is 285. The predicted octanol–water partition coefficient (Wildman–Crippen LogP) is 1.49. The van der Waals surface area contributed by atoms with E-state index in [1.165, 1.54) is 6.20 Å². The number of nitrogens with zero attached hydrogens (tertiary/aromatic N) is 2. The number of hydrogen-bond acceptors (Lipinski definition) is 3. The number of ether oxygens (including phenoxy) is 1. The summed E-state index contributed by atoms with van der Waals surface area (Å²) in [5.41, 5.74) is 0. The summed E-state index contributed by atoms with van der Waals surface area (Å²) in [6.07, 6.45) is 3.53. The van der Waals surface area contributed by atoms with Gasteiger partial charge < -0.3 is 4.74 Å². The zero-order valence-electron chi connectivity index (χ0n) is 7.36. The molecule has 0 saturated heterocycles. The van der Waals surface area contributed by atoms with Crippen molar-refractivity contribution in [3.63, 3.8) is 0 Å². The molecule has 0 atom stereocenters. The molecule has 1 aromatic rings. The molecule has 1 aromatic heterocycles. The van der Waals surface area contributed by atoms with E-state index in [4.69, 9.17) is 16.3 Å². The zero-order chi connectivity index (χ0) is 9.68. The van der Waals surface area contributed by atoms with Crippen LogP contribution in [0.5, 0.6) is 0 Å². The molecule has 0 N–H and O–H groups in total. The van der Waals surface area contributed by atoms with Crippen molar-refractivity contribution >= 4 is 17.6 Å². The second kappa shape index (κ2) is 4.87. The highest BCUT2D eigenvalue weighted by molar-refractivity contribution is 6.30. The minimum absolute atomic E-state index is 0.214. The highest BCUT2D eigenvalue weighted by Crippen LogP contribution is 2.05. The highest BCUT2D eigenvalue weighted by atomic mass is 35.5. The lowest BCUT2D eigenvalue weighted by atomic mass is 10.4. The van der Waals surface area contributed by atoms with Gasteiger partial charge in [-0.2, -0.15) is 5.10 Å². The van der Waals surface area contributed by atoms with Crippen LogP contribution in [0.2, 0.25) is 5.02 Å². The van der Waals surface area contributed by atoms with Gasteiger partial charge in [-0.15, -0.1) is 0 Å². The number of aryl methyl sites for hydroxylation is 1. The van der Waals surface area contributed by atoms with Crippen LogP contribution in [0.15, 0.2) is 12.4 Å². The van der Waals surface area contributed by atoms with Gasteiger partial charge in [-0.3, -0.25) is 9.48 Å². The Morgan fingerprint density at radius 1 is 1.77 bits per heavy atom. The molecule has 72 valence electrons. The van der Waals surface area contributed by atoms with Crippen molar-refractivity contribution in [3.05, 3.63) is 17.4 Å². The summed E-state index contributed by atoms with van der Waals surface area (Å²) in [5.74, 6) is -0.214. The largest absolute Gasteiger partial charge is 0.466 e. The van der Waals surface area contributed by atoms with Crippen LogP contribution < -0.4 is 0 Å². The van der Waals surface area contributed by atoms with Gasteiger partial charge >= 0.3 is 5.97 Å². The second-order valence-corrected chi connectivity index (χ2v) is 2.91. The molecule has 0 aliphatic heterocycles. The molecular formula is C8H11ClN2O2. The van der Waals surface area contributed by atoms with Crippen LogP contribution in [0, 0.1) is 0 Å². The van der Waals surface area contributed by atoms with Crippen molar-refractivity contribution in [2.45, 2.75) is 19.9 Å². The fraction of sp³-hybridized carbons (Fsp3) is 0.500. The van der Waals surface area contributed by atoms with Crippen LogP contribution in [-0.4, -0.2) is 22.4 Å². The van der Waals surface area contributed by atoms with Crippen LogP contribution in [0.3, 0.4) is 0 Å². The van der Waals surface area contributed by atoms with Crippen molar-refractivity contribution in [3.8, 4) is 0 Å². The lowest BCUT2D eigenvalue weighted by molar-refractivity contribution is -0.143. The number of aromatic nitrogens is 2. The lowest BCUT2D eigenvalue weighted by Crippen LogP contribution is -2.09. The number of halogens is 1. The fourth-order valence-electron chi connectivity index (χ4n) is 0.900. The number of rotatable bonds is 4. The first-order valence-corrected chi connectivity index (χ1v) is 4.43. The Morgan fingerprint density at radius 2 is 2.54 bits per heavy atom. The van der Waals surface area contributed by atoms with E-state index in [0.717, 1.165) is 0 Å². The summed E-state index contributed by atoms with van der Waals surface area (Å²) in [5, 5.41) is 4.50. The van der Waals surface area contributed by atoms with E-state index in [1.54, 1.807) is 17.8 Å². The van der Waals surface area contributed by atoms with Crippen molar-refractivity contribution in [2.24, 2.45) is 0 Å². The third-order valence-corrected chi connectivity index (χ3v) is 1.65. The molecule has 0 saturated carbocycles. The molecule has 0 aliphatic carbocycles. The van der Waals surface area contributed by atoms with Crippen molar-refractivity contribution in [1.29, 1.82) is 0 Å². The summed E-state index contributed by atoms with van der Waals surface area (Å²) in [6, 6.07) is 0. The summed E-state index contributed by atoms with van der Waals surface area (Å²) in [6.45, 7) is 2.70. The van der Waals surface area contributed by atoms with Crippen molar-refractivity contribution in [2.75, 3.05) is 6.61 Å². The Hall–Kier alpha value is -1.03. The van der Waals surface area contributed by atoms with Gasteiger partial charge in [0.1, 0.15) is 0 Å². The monoisotopic (exact) mass is 202 g/mol. The van der Waals surface area contributed by atoms with Crippen LogP contribution >= 0.6 is 11.6 Å². The van der Waals surface area contributed by atoms with Crippen molar-refractivity contribution < 1.29 is 9.53 Å². The Morgan fingerprint density at radius 3 is 3.08 bits per heavy atom. The standard InChI is InChI=1S/C8H11ClN2O2/c1-2-13-8(12)3-4-11-6-7(9)5-10-11/h5-6H,2-4H2,1H3. The van der Waals surface area contributed by atoms with Gasteiger partial charge in [-0.1, -0.05) is 11.6 Å². The molecule has 0 fully saturated rings. The first-order chi connectivity index (χ1) is 6.22. The molecular weight excluding hydrogens is 192 g/mol. The second-order valence-electron chi connectivity index (χ2n) is 2.48. The highest BCUT2D eigenvalue weighted by Gasteiger charge is 2.02. The number of esters is 1. The van der Waals surface area contributed by atoms with E-state index in [0.29, 0.717) is 24.6 Å². The van der Waals surface area contributed by atoms with E-state index >= 15 is 0 Å². The summed E-state index contributed by atoms with van der Waals surface area (Å²) < 4.78 is 6.37. The molecule has 0 radical (unpaired) electrons. The van der Waals surface area contributed by atoms with Crippen LogP contribution in [0.25, 0.3) is 0 Å². The van der Waals surface area contributed by atoms with Gasteiger partial charge in [0, 0.05) is 6.20 Å². The lowest BCUT2D eigenvalue weighted by Gasteiger charge is -2.01. The predicted molar refractivity (Wildman–Crippen MR) is 48.5 cm³/mol. The maximum atomic E-state index is 10.9. The molecule has 4 nitrogen and oxygen atoms in total. The Kier molecular flexibility index (Phi) is 3.76. The maximum Gasteiger partial charge on any atom is 0.307 e. The third kappa shape index (κ3) is 3.46. The SMILES string of the molecule is CCOC(=O)CCn1cc(Cl)cn1. The van der Waals surface area contributed by atoms with E-state index < -0.39 is 0 Å². The van der Waals surface area contributed by atoms with Gasteiger partial charge in [0.25, 0.3) is 0 Å². The first kappa shape index (κ1) is 10.1. The molecule has 0 unspecified atom stereocenters. The molecule has 5 heteroatoms. The molecule has 0 aromatic carbocycles. The first-order valence-electron chi connectivity index (χ1n) is 4.06. The van der Waals surface area contributed by atoms with E-state index in [1.807, 2.05) is 0 Å². The average molecular weight is 203 g/mol. The third-order valence-electron chi connectivity index (χ3n) is 1.45. The molecule has 1 rings (SSSR count). The van der Waals surface area contributed by atoms with Gasteiger partial charge in [-0.25, -0.2) is 0 Å². The molecule has 13 heavy (non-hydrogen) atoms. The topological polar surface area (TPSA) is 44.1 Å². The van der Waals surface area contributed by atoms with Crippen LogP contribution in [0.4, 0.5) is 0 Å². The fourth-order valence-corrected chi connectivity index (χ4v) is 1.06. The quantitative estimate of drug-likeness (QED) is 0.695. The average Bonchev–Trinajstić information content (AvgIpc) is 2.49. The van der Waals surface area contributed by atoms with Crippen LogP contribution in [0.1, 0.15) is 13.3 Å². The summed E-state index contributed by atoms with van der Waals surface area (Å²) in [4.78, 5) is 10.9. The number of hydrogen-bond donors (Lipinski definition) is 0. The summed E-state index contributed by atoms with van der Waals surface area (Å²) in [7, 11) is 0. The number of carbonyl (C=O) groups is 1. The number of carbonyl (C=O) groups excluding carboxylic acids is 1. The minimum Gasteiger partial charge on any atom is -0.466 e. The van der Waals surface area contributed by atoms with E-state index in [9.17, 15) is 4.79 Å².